The molecule has 1 aliphatic rings. The van der Waals surface area contributed by atoms with Crippen molar-refractivity contribution in [3.8, 4) is 0 Å². The van der Waals surface area contributed by atoms with Crippen molar-refractivity contribution in [1.82, 2.24) is 4.90 Å². The van der Waals surface area contributed by atoms with Crippen LogP contribution in [0.4, 0.5) is 14.9 Å². The number of benzene rings is 1. The van der Waals surface area contributed by atoms with Crippen LogP contribution in [0.2, 0.25) is 0 Å². The van der Waals surface area contributed by atoms with Crippen molar-refractivity contribution < 1.29 is 19.1 Å². The monoisotopic (exact) mass is 294 g/mol. The molecule has 2 N–H and O–H groups in total. The van der Waals surface area contributed by atoms with Crippen molar-refractivity contribution in [3.05, 3.63) is 29.6 Å². The van der Waals surface area contributed by atoms with Gasteiger partial charge < -0.3 is 15.3 Å². The Morgan fingerprint density at radius 3 is 2.48 bits per heavy atom. The van der Waals surface area contributed by atoms with Crippen molar-refractivity contribution in [2.75, 3.05) is 18.4 Å². The largest absolute Gasteiger partial charge is 0.478 e. The number of amides is 2. The van der Waals surface area contributed by atoms with Crippen LogP contribution in [0, 0.1) is 11.2 Å². The molecule has 0 aromatic heterocycles. The summed E-state index contributed by atoms with van der Waals surface area (Å²) >= 11 is 0. The molecule has 1 fully saturated rings. The highest BCUT2D eigenvalue weighted by Crippen LogP contribution is 2.30. The van der Waals surface area contributed by atoms with Gasteiger partial charge in [-0.25, -0.2) is 14.0 Å². The van der Waals surface area contributed by atoms with E-state index < -0.39 is 23.4 Å². The number of piperidine rings is 1. The molecule has 5 nitrogen and oxygen atoms in total. The molecule has 0 bridgehead atoms. The number of anilines is 1. The number of aromatic carboxylic acids is 1. The smallest absolute Gasteiger partial charge is 0.340 e. The lowest BCUT2D eigenvalue weighted by Crippen LogP contribution is -2.43. The molecule has 0 aliphatic carbocycles. The number of carbonyl (C=O) groups excluding carboxylic acids is 1. The number of nitrogens with zero attached hydrogens (tertiary/aromatic N) is 1. The predicted octanol–water partition coefficient (Wildman–Crippen LogP) is 3.18. The lowest BCUT2D eigenvalue weighted by Gasteiger charge is -2.36. The van der Waals surface area contributed by atoms with Crippen LogP contribution in [0.5, 0.6) is 0 Å². The van der Waals surface area contributed by atoms with Crippen molar-refractivity contribution in [2.45, 2.75) is 26.7 Å². The number of likely N-dealkylation sites (tertiary alicyclic amines) is 1. The fourth-order valence-electron chi connectivity index (χ4n) is 2.36. The van der Waals surface area contributed by atoms with Gasteiger partial charge in [0.15, 0.2) is 0 Å². The number of carbonyl (C=O) groups is 2. The molecule has 1 saturated heterocycles. The van der Waals surface area contributed by atoms with Crippen LogP contribution in [-0.4, -0.2) is 35.1 Å². The lowest BCUT2D eigenvalue weighted by molar-refractivity contribution is 0.0693. The van der Waals surface area contributed by atoms with E-state index in [-0.39, 0.29) is 11.1 Å². The van der Waals surface area contributed by atoms with Crippen LogP contribution < -0.4 is 5.32 Å². The summed E-state index contributed by atoms with van der Waals surface area (Å²) in [5.74, 6) is -2.26. The first kappa shape index (κ1) is 15.3. The van der Waals surface area contributed by atoms with Crippen LogP contribution in [0.1, 0.15) is 37.0 Å². The Morgan fingerprint density at radius 2 is 1.90 bits per heavy atom. The standard InChI is InChI=1S/C15H19FN2O3/c1-15(2)6-8-18(9-7-15)14(21)17-11-5-3-4-10(16)12(11)13(19)20/h3-5H,6-9H2,1-2H3,(H,17,21)(H,19,20). The zero-order valence-electron chi connectivity index (χ0n) is 12.1. The van der Waals surface area contributed by atoms with Crippen molar-refractivity contribution in [1.29, 1.82) is 0 Å². The van der Waals surface area contributed by atoms with Crippen molar-refractivity contribution in [3.63, 3.8) is 0 Å². The molecule has 1 aromatic rings. The Morgan fingerprint density at radius 1 is 1.29 bits per heavy atom. The van der Waals surface area contributed by atoms with Gasteiger partial charge in [0.25, 0.3) is 0 Å². The molecule has 114 valence electrons. The molecule has 0 spiro atoms. The summed E-state index contributed by atoms with van der Waals surface area (Å²) in [6.07, 6.45) is 1.77. The number of nitrogens with one attached hydrogen (secondary N) is 1. The number of hydrogen-bond acceptors (Lipinski definition) is 2. The van der Waals surface area contributed by atoms with Crippen LogP contribution in [0.3, 0.4) is 0 Å². The van der Waals surface area contributed by atoms with Crippen LogP contribution >= 0.6 is 0 Å². The third-order valence-corrected chi connectivity index (χ3v) is 3.87. The molecule has 0 atom stereocenters. The zero-order valence-corrected chi connectivity index (χ0v) is 12.1. The van der Waals surface area contributed by atoms with Gasteiger partial charge in [0.2, 0.25) is 0 Å². The van der Waals surface area contributed by atoms with E-state index >= 15 is 0 Å². The molecule has 21 heavy (non-hydrogen) atoms. The quantitative estimate of drug-likeness (QED) is 0.880. The summed E-state index contributed by atoms with van der Waals surface area (Å²) in [7, 11) is 0. The van der Waals surface area contributed by atoms with Crippen molar-refractivity contribution >= 4 is 17.7 Å². The fourth-order valence-corrected chi connectivity index (χ4v) is 2.36. The first-order chi connectivity index (χ1) is 9.80. The van der Waals surface area contributed by atoms with Crippen LogP contribution in [0.25, 0.3) is 0 Å². The summed E-state index contributed by atoms with van der Waals surface area (Å²) in [5.41, 5.74) is -0.317. The minimum Gasteiger partial charge on any atom is -0.478 e. The highest BCUT2D eigenvalue weighted by Gasteiger charge is 2.28. The van der Waals surface area contributed by atoms with Gasteiger partial charge in [-0.3, -0.25) is 0 Å². The molecule has 0 radical (unpaired) electrons. The number of rotatable bonds is 2. The molecule has 0 saturated carbocycles. The fraction of sp³-hybridized carbons (Fsp3) is 0.467. The van der Waals surface area contributed by atoms with Gasteiger partial charge in [0.1, 0.15) is 11.4 Å². The van der Waals surface area contributed by atoms with E-state index in [1.165, 1.54) is 12.1 Å². The molecule has 1 heterocycles. The topological polar surface area (TPSA) is 69.6 Å². The van der Waals surface area contributed by atoms with E-state index in [1.54, 1.807) is 4.90 Å². The molecule has 0 unspecified atom stereocenters. The molecule has 2 rings (SSSR count). The average molecular weight is 294 g/mol. The second kappa shape index (κ2) is 5.71. The number of carboxylic acids is 1. The maximum absolute atomic E-state index is 13.5. The maximum atomic E-state index is 13.5. The van der Waals surface area contributed by atoms with Gasteiger partial charge in [0, 0.05) is 13.1 Å². The Bertz CT molecular complexity index is 562. The highest BCUT2D eigenvalue weighted by atomic mass is 19.1. The number of carboxylic acid groups (broad SMARTS) is 1. The Balaban J connectivity index is 2.11. The normalized spacial score (nSPS) is 17.4. The van der Waals surface area contributed by atoms with Crippen molar-refractivity contribution in [2.24, 2.45) is 5.41 Å². The summed E-state index contributed by atoms with van der Waals surface area (Å²) in [6.45, 7) is 5.52. The van der Waals surface area contributed by atoms with Gasteiger partial charge in [-0.05, 0) is 30.4 Å². The summed E-state index contributed by atoms with van der Waals surface area (Å²) in [4.78, 5) is 24.9. The van der Waals surface area contributed by atoms with Gasteiger partial charge in [-0.1, -0.05) is 19.9 Å². The molecule has 2 amide bonds. The van der Waals surface area contributed by atoms with Gasteiger partial charge in [0.05, 0.1) is 5.69 Å². The Labute approximate surface area is 122 Å². The van der Waals surface area contributed by atoms with E-state index in [9.17, 15) is 14.0 Å². The van der Waals surface area contributed by atoms with E-state index in [2.05, 4.69) is 19.2 Å². The van der Waals surface area contributed by atoms with E-state index in [0.717, 1.165) is 18.9 Å². The number of halogens is 1. The zero-order chi connectivity index (χ0) is 15.6. The third-order valence-electron chi connectivity index (χ3n) is 3.87. The lowest BCUT2D eigenvalue weighted by atomic mass is 9.83. The second-order valence-corrected chi connectivity index (χ2v) is 6.05. The molecular weight excluding hydrogens is 275 g/mol. The summed E-state index contributed by atoms with van der Waals surface area (Å²) in [6, 6.07) is 3.43. The summed E-state index contributed by atoms with van der Waals surface area (Å²) in [5, 5.41) is 11.5. The molecule has 1 aromatic carbocycles. The number of hydrogen-bond donors (Lipinski definition) is 2. The van der Waals surface area contributed by atoms with Gasteiger partial charge in [-0.2, -0.15) is 0 Å². The molecule has 6 heteroatoms. The Hall–Kier alpha value is -2.11. The molecule has 1 aliphatic heterocycles. The minimum absolute atomic E-state index is 0.0164. The van der Waals surface area contributed by atoms with Crippen LogP contribution in [0.15, 0.2) is 18.2 Å². The second-order valence-electron chi connectivity index (χ2n) is 6.05. The predicted molar refractivity (Wildman–Crippen MR) is 77.0 cm³/mol. The van der Waals surface area contributed by atoms with E-state index in [1.807, 2.05) is 0 Å². The van der Waals surface area contributed by atoms with Gasteiger partial charge >= 0.3 is 12.0 Å². The highest BCUT2D eigenvalue weighted by molar-refractivity contribution is 6.00. The van der Waals surface area contributed by atoms with E-state index in [0.29, 0.717) is 13.1 Å². The van der Waals surface area contributed by atoms with Crippen LogP contribution in [-0.2, 0) is 0 Å². The van der Waals surface area contributed by atoms with E-state index in [4.69, 9.17) is 5.11 Å². The summed E-state index contributed by atoms with van der Waals surface area (Å²) < 4.78 is 13.5. The SMILES string of the molecule is CC1(C)CCN(C(=O)Nc2cccc(F)c2C(=O)O)CC1. The average Bonchev–Trinajstić information content (AvgIpc) is 2.38. The molecular formula is C15H19FN2O3. The van der Waals surface area contributed by atoms with Gasteiger partial charge in [-0.15, -0.1) is 0 Å². The minimum atomic E-state index is -1.40. The first-order valence-electron chi connectivity index (χ1n) is 6.88. The third kappa shape index (κ3) is 3.51. The Kier molecular flexibility index (Phi) is 4.16. The first-order valence-corrected chi connectivity index (χ1v) is 6.88. The maximum Gasteiger partial charge on any atom is 0.340 e. The number of urea groups is 1.